The molecule has 0 bridgehead atoms. The van der Waals surface area contributed by atoms with E-state index in [1.165, 1.54) is 27.2 Å². The quantitative estimate of drug-likeness (QED) is 0.140. The van der Waals surface area contributed by atoms with Gasteiger partial charge in [-0.05, 0) is 67.6 Å². The van der Waals surface area contributed by atoms with Crippen molar-refractivity contribution in [3.8, 4) is 0 Å². The maximum atomic E-state index is 13.8. The van der Waals surface area contributed by atoms with Crippen molar-refractivity contribution in [1.82, 2.24) is 4.90 Å². The molecule has 0 aromatic heterocycles. The second-order valence-electron chi connectivity index (χ2n) is 18.5. The Labute approximate surface area is 373 Å². The van der Waals surface area contributed by atoms with Gasteiger partial charge in [-0.3, -0.25) is 9.59 Å². The molecule has 0 aliphatic carbocycles. The Bertz CT molecular complexity index is 1540. The van der Waals surface area contributed by atoms with Crippen molar-refractivity contribution in [2.24, 2.45) is 23.7 Å². The van der Waals surface area contributed by atoms with Crippen molar-refractivity contribution in [3.63, 3.8) is 0 Å². The van der Waals surface area contributed by atoms with Crippen molar-refractivity contribution in [2.45, 2.75) is 185 Å². The summed E-state index contributed by atoms with van der Waals surface area (Å²) in [5, 5.41) is 55.7. The molecule has 0 aromatic rings. The van der Waals surface area contributed by atoms with E-state index in [0.717, 1.165) is 5.57 Å². The number of esters is 1. The van der Waals surface area contributed by atoms with E-state index in [1.807, 2.05) is 19.9 Å². The molecule has 17 heteroatoms. The lowest BCUT2D eigenvalue weighted by molar-refractivity contribution is -0.341. The molecular formula is C46H77NO16. The van der Waals surface area contributed by atoms with E-state index >= 15 is 0 Å². The maximum absolute atomic E-state index is 13.8. The highest BCUT2D eigenvalue weighted by atomic mass is 16.7. The third-order valence-corrected chi connectivity index (χ3v) is 13.2. The summed E-state index contributed by atoms with van der Waals surface area (Å²) < 4.78 is 54.8. The molecule has 4 heterocycles. The molecule has 17 nitrogen and oxygen atoms in total. The van der Waals surface area contributed by atoms with Gasteiger partial charge in [0.15, 0.2) is 24.7 Å². The number of cyclic esters (lactones) is 1. The van der Waals surface area contributed by atoms with E-state index in [0.29, 0.717) is 6.42 Å². The minimum Gasteiger partial charge on any atom is -0.462 e. The van der Waals surface area contributed by atoms with Gasteiger partial charge in [-0.25, -0.2) is 0 Å². The summed E-state index contributed by atoms with van der Waals surface area (Å²) in [4.78, 5) is 29.2. The monoisotopic (exact) mass is 900 g/mol. The van der Waals surface area contributed by atoms with Crippen LogP contribution in [0.15, 0.2) is 36.5 Å². The zero-order valence-corrected chi connectivity index (χ0v) is 39.3. The number of ketones is 1. The highest BCUT2D eigenvalue weighted by Gasteiger charge is 2.51. The number of hydrogen-bond acceptors (Lipinski definition) is 17. The van der Waals surface area contributed by atoms with Crippen molar-refractivity contribution < 1.29 is 77.8 Å². The largest absolute Gasteiger partial charge is 0.462 e. The molecule has 0 aromatic carbocycles. The molecular weight excluding hydrogens is 822 g/mol. The van der Waals surface area contributed by atoms with Crippen LogP contribution in [0.1, 0.15) is 81.1 Å². The smallest absolute Gasteiger partial charge is 0.308 e. The first kappa shape index (κ1) is 53.4. The van der Waals surface area contributed by atoms with E-state index in [1.54, 1.807) is 65.8 Å². The number of rotatable bonds is 12. The number of aliphatic hydroxyl groups excluding tert-OH is 4. The summed E-state index contributed by atoms with van der Waals surface area (Å²) in [6, 6.07) is -0.704. The topological polar surface area (TPSA) is 222 Å². The van der Waals surface area contributed by atoms with E-state index in [9.17, 15) is 35.1 Å². The van der Waals surface area contributed by atoms with Gasteiger partial charge in [0.25, 0.3) is 0 Å². The van der Waals surface area contributed by atoms with E-state index in [2.05, 4.69) is 6.58 Å². The summed E-state index contributed by atoms with van der Waals surface area (Å²) in [7, 11) is 6.50. The summed E-state index contributed by atoms with van der Waals surface area (Å²) in [6.45, 7) is 17.9. The lowest BCUT2D eigenvalue weighted by atomic mass is 9.81. The number of allylic oxidation sites excluding steroid dienone is 3. The Morgan fingerprint density at radius 1 is 0.873 bits per heavy atom. The number of likely N-dealkylation sites (N-methyl/N-ethyl adjacent to an activating group) is 1. The van der Waals surface area contributed by atoms with Crippen LogP contribution in [0.5, 0.6) is 0 Å². The van der Waals surface area contributed by atoms with Gasteiger partial charge in [0, 0.05) is 44.3 Å². The minimum absolute atomic E-state index is 0.0136. The fraction of sp³-hybridized carbons (Fsp3) is 0.826. The van der Waals surface area contributed by atoms with Crippen LogP contribution in [0, 0.1) is 23.7 Å². The maximum Gasteiger partial charge on any atom is 0.308 e. The number of hydrogen-bond donors (Lipinski definition) is 5. The van der Waals surface area contributed by atoms with Crippen LogP contribution in [-0.4, -0.2) is 181 Å². The predicted molar refractivity (Wildman–Crippen MR) is 230 cm³/mol. The van der Waals surface area contributed by atoms with Crippen LogP contribution in [0.3, 0.4) is 0 Å². The van der Waals surface area contributed by atoms with E-state index < -0.39 is 140 Å². The summed E-state index contributed by atoms with van der Waals surface area (Å²) in [6.07, 6.45) is -6.64. The fourth-order valence-electron chi connectivity index (χ4n) is 9.29. The van der Waals surface area contributed by atoms with Crippen molar-refractivity contribution >= 4 is 11.8 Å². The number of methoxy groups -OCH3 is 2. The SMILES string of the molecule is C=C[C@H]1C[C@@H](C)C(=O)/C=C/C(C)=C/[C@H](CO[C@@H]2O[C@H](C)[C@@H](O)[C@@H](OC)[C@H]2OC)[C@@H](CC)OC(=O)C[C@@H](O)[C@H](C)[C@H]1O[C@@H]1O[C@H](C)[C@@H](O[C@H]2C[C@@](C)(O)[C@@H](O)[C@H](C)O2)[C@H](N(C)C)[C@H]1O. The fourth-order valence-corrected chi connectivity index (χ4v) is 9.29. The first-order valence-electron chi connectivity index (χ1n) is 22.4. The van der Waals surface area contributed by atoms with Crippen molar-refractivity contribution in [3.05, 3.63) is 36.5 Å². The average Bonchev–Trinajstić information content (AvgIpc) is 3.22. The number of carbonyl (C=O) groups excluding carboxylic acids is 2. The van der Waals surface area contributed by atoms with Crippen LogP contribution in [0.2, 0.25) is 0 Å². The molecule has 3 saturated heterocycles. The van der Waals surface area contributed by atoms with Crippen LogP contribution >= 0.6 is 0 Å². The van der Waals surface area contributed by atoms with Gasteiger partial charge in [0.1, 0.15) is 42.7 Å². The first-order valence-corrected chi connectivity index (χ1v) is 22.4. The van der Waals surface area contributed by atoms with Crippen LogP contribution < -0.4 is 0 Å². The van der Waals surface area contributed by atoms with E-state index in [4.69, 9.17) is 42.6 Å². The van der Waals surface area contributed by atoms with Gasteiger partial charge in [-0.2, -0.15) is 0 Å². The second kappa shape index (κ2) is 23.5. The van der Waals surface area contributed by atoms with Gasteiger partial charge < -0.3 is 73.1 Å². The number of carbonyl (C=O) groups is 2. The summed E-state index contributed by atoms with van der Waals surface area (Å²) >= 11 is 0. The molecule has 4 aliphatic heterocycles. The lowest BCUT2D eigenvalue weighted by Gasteiger charge is -2.50. The lowest BCUT2D eigenvalue weighted by Crippen LogP contribution is -2.65. The molecule has 3 fully saturated rings. The zero-order chi connectivity index (χ0) is 47.1. The Balaban J connectivity index is 1.60. The molecule has 0 unspecified atom stereocenters. The minimum atomic E-state index is -1.47. The molecule has 5 N–H and O–H groups in total. The molecule has 0 amide bonds. The van der Waals surface area contributed by atoms with Gasteiger partial charge in [-0.1, -0.05) is 44.6 Å². The average molecular weight is 900 g/mol. The third kappa shape index (κ3) is 13.2. The van der Waals surface area contributed by atoms with Crippen molar-refractivity contribution in [2.75, 3.05) is 34.9 Å². The second-order valence-corrected chi connectivity index (χ2v) is 18.5. The molecule has 4 aliphatic rings. The Morgan fingerprint density at radius 3 is 2.11 bits per heavy atom. The number of ether oxygens (including phenoxy) is 9. The number of aliphatic hydroxyl groups is 5. The highest BCUT2D eigenvalue weighted by molar-refractivity contribution is 5.91. The van der Waals surface area contributed by atoms with Gasteiger partial charge >= 0.3 is 5.97 Å². The molecule has 362 valence electrons. The van der Waals surface area contributed by atoms with Crippen LogP contribution in [0.25, 0.3) is 0 Å². The first-order chi connectivity index (χ1) is 29.6. The van der Waals surface area contributed by atoms with Crippen LogP contribution in [-0.2, 0) is 52.2 Å². The molecule has 0 spiro atoms. The molecule has 63 heavy (non-hydrogen) atoms. The highest BCUT2D eigenvalue weighted by Crippen LogP contribution is 2.37. The Morgan fingerprint density at radius 2 is 1.52 bits per heavy atom. The zero-order valence-electron chi connectivity index (χ0n) is 39.3. The predicted octanol–water partition coefficient (Wildman–Crippen LogP) is 2.43. The molecule has 0 saturated carbocycles. The molecule has 21 atom stereocenters. The van der Waals surface area contributed by atoms with Crippen molar-refractivity contribution in [1.29, 1.82) is 0 Å². The summed E-state index contributed by atoms with van der Waals surface area (Å²) in [5.74, 6) is -3.17. The molecule has 4 rings (SSSR count). The van der Waals surface area contributed by atoms with Gasteiger partial charge in [0.2, 0.25) is 0 Å². The van der Waals surface area contributed by atoms with E-state index in [-0.39, 0.29) is 25.2 Å². The Kier molecular flexibility index (Phi) is 19.9. The number of nitrogens with zero attached hydrogens (tertiary/aromatic N) is 1. The summed E-state index contributed by atoms with van der Waals surface area (Å²) in [5.41, 5.74) is -0.753. The molecule has 0 radical (unpaired) electrons. The normalized spacial score (nSPS) is 46.5. The Hall–Kier alpha value is -2.20. The third-order valence-electron chi connectivity index (χ3n) is 13.2. The van der Waals surface area contributed by atoms with Gasteiger partial charge in [-0.15, -0.1) is 6.58 Å². The van der Waals surface area contributed by atoms with Crippen LogP contribution in [0.4, 0.5) is 0 Å². The standard InChI is InChI=1S/C46H77NO16/c1-14-29-19-24(4)31(48)17-16-23(3)18-30(22-57-45-42(56-13)41(55-12)37(51)26(6)59-45)33(15-2)61-34(50)20-32(49)25(5)39(29)63-44-38(52)36(47(10)11)40(27(7)60-44)62-35-21-46(9,54)43(53)28(8)58-35/h14,16-18,24-30,32-33,35-45,49,51-54H,1,15,19-22H2,2-13H3/b17-16+,23-18+/t24-,25+,26-,27-,28+,29+,30-,32-,33-,35+,36-,37-,38-,39-,40-,41-,42-,43+,44+,45-,46-/m1/s1. The van der Waals surface area contributed by atoms with Gasteiger partial charge in [0.05, 0.1) is 55.2 Å².